The van der Waals surface area contributed by atoms with Gasteiger partial charge in [-0.05, 0) is 37.7 Å². The Labute approximate surface area is 176 Å². The maximum Gasteiger partial charge on any atom is 0.293 e. The van der Waals surface area contributed by atoms with Gasteiger partial charge in [0.1, 0.15) is 5.69 Å². The van der Waals surface area contributed by atoms with Crippen LogP contribution in [-0.4, -0.2) is 62.2 Å². The Bertz CT molecular complexity index is 853. The van der Waals surface area contributed by atoms with Crippen molar-refractivity contribution in [2.24, 2.45) is 0 Å². The molecule has 8 heteroatoms. The quantitative estimate of drug-likeness (QED) is 0.387. The second-order valence-electron chi connectivity index (χ2n) is 7.39. The van der Waals surface area contributed by atoms with E-state index in [0.29, 0.717) is 44.1 Å². The Morgan fingerprint density at radius 3 is 2.63 bits per heavy atom. The Hall–Kier alpha value is -2.97. The number of benzene rings is 2. The number of nitro benzene ring substituents is 1. The number of nitrogens with zero attached hydrogens (tertiary/aromatic N) is 3. The van der Waals surface area contributed by atoms with E-state index in [1.165, 1.54) is 11.6 Å². The van der Waals surface area contributed by atoms with Gasteiger partial charge in [-0.2, -0.15) is 0 Å². The van der Waals surface area contributed by atoms with E-state index in [-0.39, 0.29) is 11.6 Å². The number of hydrogen-bond acceptors (Lipinski definition) is 6. The first kappa shape index (κ1) is 21.7. The van der Waals surface area contributed by atoms with E-state index in [1.54, 1.807) is 12.1 Å². The normalized spacial score (nSPS) is 14.0. The summed E-state index contributed by atoms with van der Waals surface area (Å²) in [6.07, 6.45) is 0.795. The van der Waals surface area contributed by atoms with Crippen LogP contribution in [0.2, 0.25) is 0 Å². The molecule has 1 amide bonds. The Balaban J connectivity index is 1.51. The average Bonchev–Trinajstić information content (AvgIpc) is 2.77. The second kappa shape index (κ2) is 10.7. The summed E-state index contributed by atoms with van der Waals surface area (Å²) < 4.78 is 5.31. The van der Waals surface area contributed by atoms with Crippen molar-refractivity contribution < 1.29 is 14.5 Å². The molecule has 3 rings (SSSR count). The number of morpholine rings is 1. The minimum atomic E-state index is -0.430. The molecule has 0 saturated carbocycles. The first-order valence-corrected chi connectivity index (χ1v) is 10.2. The first-order chi connectivity index (χ1) is 14.5. The van der Waals surface area contributed by atoms with Gasteiger partial charge in [-0.15, -0.1) is 0 Å². The summed E-state index contributed by atoms with van der Waals surface area (Å²) in [5, 5.41) is 14.4. The summed E-state index contributed by atoms with van der Waals surface area (Å²) in [6, 6.07) is 14.9. The molecule has 1 saturated heterocycles. The third-order valence-corrected chi connectivity index (χ3v) is 5.08. The molecule has 1 N–H and O–H groups in total. The Morgan fingerprint density at radius 2 is 1.93 bits per heavy atom. The molecule has 0 spiro atoms. The van der Waals surface area contributed by atoms with Crippen LogP contribution >= 0.6 is 0 Å². The molecule has 160 valence electrons. The molecular formula is C22H28N4O4. The summed E-state index contributed by atoms with van der Waals surface area (Å²) >= 11 is 0. The van der Waals surface area contributed by atoms with Crippen LogP contribution in [-0.2, 0) is 11.3 Å². The van der Waals surface area contributed by atoms with Crippen LogP contribution in [0.5, 0.6) is 0 Å². The maximum absolute atomic E-state index is 12.5. The topological polar surface area (TPSA) is 88.0 Å². The van der Waals surface area contributed by atoms with Gasteiger partial charge in [0.25, 0.3) is 11.6 Å². The monoisotopic (exact) mass is 412 g/mol. The highest BCUT2D eigenvalue weighted by atomic mass is 16.6. The Morgan fingerprint density at radius 1 is 1.20 bits per heavy atom. The molecule has 0 radical (unpaired) electrons. The summed E-state index contributed by atoms with van der Waals surface area (Å²) in [5.74, 6) is -0.294. The van der Waals surface area contributed by atoms with E-state index in [4.69, 9.17) is 4.74 Å². The van der Waals surface area contributed by atoms with E-state index in [1.807, 2.05) is 30.1 Å². The van der Waals surface area contributed by atoms with Crippen molar-refractivity contribution in [3.63, 3.8) is 0 Å². The van der Waals surface area contributed by atoms with Crippen LogP contribution in [0.15, 0.2) is 48.5 Å². The smallest absolute Gasteiger partial charge is 0.293 e. The molecule has 1 fully saturated rings. The van der Waals surface area contributed by atoms with Gasteiger partial charge >= 0.3 is 0 Å². The molecule has 0 atom stereocenters. The minimum absolute atomic E-state index is 0.0489. The average molecular weight is 412 g/mol. The van der Waals surface area contributed by atoms with Crippen molar-refractivity contribution in [3.8, 4) is 0 Å². The molecule has 1 heterocycles. The molecule has 8 nitrogen and oxygen atoms in total. The van der Waals surface area contributed by atoms with Gasteiger partial charge in [0.2, 0.25) is 0 Å². The van der Waals surface area contributed by atoms with Crippen molar-refractivity contribution in [1.29, 1.82) is 0 Å². The third kappa shape index (κ3) is 6.01. The van der Waals surface area contributed by atoms with Crippen LogP contribution in [0, 0.1) is 10.1 Å². The minimum Gasteiger partial charge on any atom is -0.378 e. The van der Waals surface area contributed by atoms with Gasteiger partial charge in [0.05, 0.1) is 18.1 Å². The fourth-order valence-electron chi connectivity index (χ4n) is 3.51. The van der Waals surface area contributed by atoms with E-state index < -0.39 is 4.92 Å². The predicted octanol–water partition coefficient (Wildman–Crippen LogP) is 2.68. The number of ether oxygens (including phenoxy) is 1. The van der Waals surface area contributed by atoms with Crippen molar-refractivity contribution in [2.45, 2.75) is 13.0 Å². The molecule has 0 unspecified atom stereocenters. The molecule has 1 aliphatic heterocycles. The number of carbonyl (C=O) groups is 1. The molecule has 30 heavy (non-hydrogen) atoms. The largest absolute Gasteiger partial charge is 0.378 e. The maximum atomic E-state index is 12.5. The van der Waals surface area contributed by atoms with Crippen LogP contribution < -0.4 is 10.2 Å². The molecule has 2 aromatic carbocycles. The van der Waals surface area contributed by atoms with Crippen molar-refractivity contribution >= 4 is 17.3 Å². The number of amides is 1. The van der Waals surface area contributed by atoms with Gasteiger partial charge in [-0.25, -0.2) is 0 Å². The summed E-state index contributed by atoms with van der Waals surface area (Å²) in [4.78, 5) is 27.7. The first-order valence-electron chi connectivity index (χ1n) is 10.2. The van der Waals surface area contributed by atoms with Crippen molar-refractivity contribution in [1.82, 2.24) is 10.2 Å². The number of carbonyl (C=O) groups excluding carboxylic acids is 1. The molecular weight excluding hydrogens is 384 g/mol. The zero-order valence-electron chi connectivity index (χ0n) is 17.3. The van der Waals surface area contributed by atoms with Gasteiger partial charge in [-0.3, -0.25) is 14.9 Å². The van der Waals surface area contributed by atoms with Crippen molar-refractivity contribution in [2.75, 3.05) is 51.3 Å². The van der Waals surface area contributed by atoms with E-state index in [0.717, 1.165) is 19.5 Å². The van der Waals surface area contributed by atoms with Crippen LogP contribution in [0.3, 0.4) is 0 Å². The van der Waals surface area contributed by atoms with Crippen LogP contribution in [0.4, 0.5) is 11.4 Å². The lowest BCUT2D eigenvalue weighted by Gasteiger charge is -2.28. The van der Waals surface area contributed by atoms with Crippen LogP contribution in [0.1, 0.15) is 22.3 Å². The fourth-order valence-corrected chi connectivity index (χ4v) is 3.51. The Kier molecular flexibility index (Phi) is 7.75. The van der Waals surface area contributed by atoms with Gasteiger partial charge in [-0.1, -0.05) is 30.3 Å². The molecule has 0 aliphatic carbocycles. The fraction of sp³-hybridized carbons (Fsp3) is 0.409. The summed E-state index contributed by atoms with van der Waals surface area (Å²) in [5.41, 5.74) is 2.03. The number of nitro groups is 1. The number of rotatable bonds is 9. The SMILES string of the molecule is CN(CCCNC(=O)c1ccc(N2CCOCC2)c([N+](=O)[O-])c1)Cc1ccccc1. The van der Waals surface area contributed by atoms with Gasteiger partial charge < -0.3 is 19.9 Å². The predicted molar refractivity (Wildman–Crippen MR) is 116 cm³/mol. The second-order valence-corrected chi connectivity index (χ2v) is 7.39. The summed E-state index contributed by atoms with van der Waals surface area (Å²) in [6.45, 7) is 4.48. The highest BCUT2D eigenvalue weighted by Gasteiger charge is 2.23. The number of nitrogens with one attached hydrogen (secondary N) is 1. The highest BCUT2D eigenvalue weighted by Crippen LogP contribution is 2.29. The zero-order chi connectivity index (χ0) is 21.3. The van der Waals surface area contributed by atoms with E-state index in [2.05, 4.69) is 22.3 Å². The standard InChI is InChI=1S/C22H28N4O4/c1-24(17-18-6-3-2-4-7-18)11-5-10-23-22(27)19-8-9-20(21(16-19)26(28)29)25-12-14-30-15-13-25/h2-4,6-9,16H,5,10-15,17H2,1H3,(H,23,27). The van der Waals surface area contributed by atoms with Crippen LogP contribution in [0.25, 0.3) is 0 Å². The molecule has 0 aromatic heterocycles. The lowest BCUT2D eigenvalue weighted by atomic mass is 10.1. The molecule has 2 aromatic rings. The van der Waals surface area contributed by atoms with E-state index in [9.17, 15) is 14.9 Å². The van der Waals surface area contributed by atoms with Crippen molar-refractivity contribution in [3.05, 3.63) is 69.8 Å². The summed E-state index contributed by atoms with van der Waals surface area (Å²) in [7, 11) is 2.04. The lowest BCUT2D eigenvalue weighted by Crippen LogP contribution is -2.36. The zero-order valence-corrected chi connectivity index (χ0v) is 17.3. The number of hydrogen-bond donors (Lipinski definition) is 1. The highest BCUT2D eigenvalue weighted by molar-refractivity contribution is 5.95. The van der Waals surface area contributed by atoms with Gasteiger partial charge in [0, 0.05) is 37.8 Å². The lowest BCUT2D eigenvalue weighted by molar-refractivity contribution is -0.384. The van der Waals surface area contributed by atoms with E-state index >= 15 is 0 Å². The van der Waals surface area contributed by atoms with Gasteiger partial charge in [0.15, 0.2) is 0 Å². The molecule has 0 bridgehead atoms. The molecule has 1 aliphatic rings. The number of anilines is 1. The third-order valence-electron chi connectivity index (χ3n) is 5.08.